The van der Waals surface area contributed by atoms with E-state index in [4.69, 9.17) is 15.5 Å². The van der Waals surface area contributed by atoms with Gasteiger partial charge < -0.3 is 26.0 Å². The van der Waals surface area contributed by atoms with Gasteiger partial charge in [-0.2, -0.15) is 4.98 Å². The highest BCUT2D eigenvalue weighted by Crippen LogP contribution is 2.39. The largest absolute Gasteiger partial charge is 0.494 e. The predicted octanol–water partition coefficient (Wildman–Crippen LogP) is 5.22. The molecule has 2 aromatic heterocycles. The third-order valence-corrected chi connectivity index (χ3v) is 9.18. The third kappa shape index (κ3) is 6.79. The van der Waals surface area contributed by atoms with Crippen LogP contribution in [0.4, 0.5) is 34.5 Å². The van der Waals surface area contributed by atoms with Crippen LogP contribution in [0, 0.1) is 0 Å². The van der Waals surface area contributed by atoms with E-state index in [2.05, 4.69) is 56.1 Å². The Labute approximate surface area is 264 Å². The minimum Gasteiger partial charge on any atom is -0.494 e. The van der Waals surface area contributed by atoms with E-state index in [9.17, 15) is 8.42 Å². The summed E-state index contributed by atoms with van der Waals surface area (Å²) in [7, 11) is -2.04. The van der Waals surface area contributed by atoms with Crippen LogP contribution in [0.1, 0.15) is 44.7 Å². The van der Waals surface area contributed by atoms with E-state index in [1.807, 2.05) is 13.8 Å². The molecular formula is C32H41N9O3S. The van der Waals surface area contributed by atoms with Crippen LogP contribution in [-0.2, 0) is 16.4 Å². The van der Waals surface area contributed by atoms with Crippen LogP contribution < -0.4 is 30.3 Å². The average Bonchev–Trinajstić information content (AvgIpc) is 3.01. The zero-order valence-corrected chi connectivity index (χ0v) is 27.2. The Hall–Kier alpha value is -4.49. The maximum atomic E-state index is 13.0. The molecule has 5 rings (SSSR count). The summed E-state index contributed by atoms with van der Waals surface area (Å²) in [5.74, 6) is 1.42. The Balaban J connectivity index is 1.54. The molecule has 4 N–H and O–H groups in total. The van der Waals surface area contributed by atoms with E-state index in [0.29, 0.717) is 45.5 Å². The number of ether oxygens (including phenoxy) is 1. The molecule has 13 heteroatoms. The highest BCUT2D eigenvalue weighted by atomic mass is 32.2. The maximum absolute atomic E-state index is 13.0. The lowest BCUT2D eigenvalue weighted by Crippen LogP contribution is -2.40. The number of aromatic nitrogens is 4. The minimum atomic E-state index is -3.68. The number of fused-ring (bicyclic) bond motifs is 1. The molecule has 1 saturated heterocycles. The molecule has 45 heavy (non-hydrogen) atoms. The fourth-order valence-corrected chi connectivity index (χ4v) is 6.98. The molecule has 0 spiro atoms. The maximum Gasteiger partial charge on any atom is 0.232 e. The van der Waals surface area contributed by atoms with Gasteiger partial charge in [0.15, 0.2) is 0 Å². The van der Waals surface area contributed by atoms with E-state index in [1.54, 1.807) is 43.9 Å². The Morgan fingerprint density at radius 2 is 1.87 bits per heavy atom. The first-order chi connectivity index (χ1) is 21.5. The second-order valence-corrected chi connectivity index (χ2v) is 13.2. The number of nitrogens with two attached hydrogens (primary N) is 1. The van der Waals surface area contributed by atoms with E-state index >= 15 is 0 Å². The Bertz CT molecular complexity index is 1810. The fraction of sp³-hybridized carbons (Fsp3) is 0.375. The molecule has 4 aromatic rings. The number of sulfonamides is 1. The van der Waals surface area contributed by atoms with Crippen molar-refractivity contribution in [1.29, 1.82) is 0 Å². The minimum absolute atomic E-state index is 0.242. The molecule has 0 atom stereocenters. The summed E-state index contributed by atoms with van der Waals surface area (Å²) in [5, 5.41) is 6.67. The monoisotopic (exact) mass is 631 g/mol. The smallest absolute Gasteiger partial charge is 0.232 e. The highest BCUT2D eigenvalue weighted by Gasteiger charge is 2.27. The molecule has 1 aliphatic heterocycles. The van der Waals surface area contributed by atoms with E-state index in [-0.39, 0.29) is 12.1 Å². The molecule has 0 aliphatic carbocycles. The number of nitrogens with zero attached hydrogens (tertiary/aromatic N) is 6. The van der Waals surface area contributed by atoms with Crippen LogP contribution in [0.2, 0.25) is 0 Å². The second kappa shape index (κ2) is 13.2. The van der Waals surface area contributed by atoms with Crippen LogP contribution in [0.25, 0.3) is 17.1 Å². The van der Waals surface area contributed by atoms with Crippen molar-refractivity contribution in [2.24, 2.45) is 5.73 Å². The Morgan fingerprint density at radius 3 is 2.51 bits per heavy atom. The number of nitrogens with one attached hydrogen (secondary N) is 2. The SMILES string of the molecule is C=Cc1cnc(Nc2cc(CC)c(N3CCC(N)CC3)cc2OC)nc1Nc1ccc2nccnc2c1N(C(C)C)S(C)(=O)=O. The number of hydrogen-bond acceptors (Lipinski definition) is 11. The number of anilines is 6. The van der Waals surface area contributed by atoms with Gasteiger partial charge in [0.1, 0.15) is 22.8 Å². The third-order valence-electron chi connectivity index (χ3n) is 7.86. The van der Waals surface area contributed by atoms with E-state index < -0.39 is 10.0 Å². The Kier molecular flexibility index (Phi) is 9.40. The molecule has 1 fully saturated rings. The molecule has 0 radical (unpaired) electrons. The molecule has 0 amide bonds. The average molecular weight is 632 g/mol. The molecule has 0 bridgehead atoms. The number of aryl methyl sites for hydroxylation is 1. The number of methoxy groups -OCH3 is 1. The molecule has 0 unspecified atom stereocenters. The molecule has 2 aromatic carbocycles. The molecule has 3 heterocycles. The van der Waals surface area contributed by atoms with Crippen molar-refractivity contribution in [2.45, 2.75) is 52.1 Å². The van der Waals surface area contributed by atoms with Gasteiger partial charge in [-0.05, 0) is 56.9 Å². The quantitative estimate of drug-likeness (QED) is 0.200. The van der Waals surface area contributed by atoms with Crippen molar-refractivity contribution in [1.82, 2.24) is 19.9 Å². The highest BCUT2D eigenvalue weighted by molar-refractivity contribution is 7.92. The first-order valence-corrected chi connectivity index (χ1v) is 16.9. The van der Waals surface area contributed by atoms with Gasteiger partial charge in [0.25, 0.3) is 0 Å². The van der Waals surface area contributed by atoms with Crippen LogP contribution in [-0.4, -0.2) is 66.9 Å². The van der Waals surface area contributed by atoms with Crippen molar-refractivity contribution in [2.75, 3.05) is 46.3 Å². The van der Waals surface area contributed by atoms with Gasteiger partial charge in [0, 0.05) is 61.1 Å². The zero-order valence-electron chi connectivity index (χ0n) is 26.4. The van der Waals surface area contributed by atoms with Gasteiger partial charge in [-0.3, -0.25) is 14.3 Å². The van der Waals surface area contributed by atoms with Gasteiger partial charge in [0.05, 0.1) is 30.3 Å². The summed E-state index contributed by atoms with van der Waals surface area (Å²) < 4.78 is 33.2. The number of hydrogen-bond donors (Lipinski definition) is 3. The molecule has 238 valence electrons. The van der Waals surface area contributed by atoms with Crippen LogP contribution in [0.5, 0.6) is 5.75 Å². The van der Waals surface area contributed by atoms with Gasteiger partial charge in [-0.25, -0.2) is 13.4 Å². The molecule has 0 saturated carbocycles. The lowest BCUT2D eigenvalue weighted by Gasteiger charge is -2.34. The summed E-state index contributed by atoms with van der Waals surface area (Å²) in [5.41, 5.74) is 11.7. The zero-order chi connectivity index (χ0) is 32.3. The summed E-state index contributed by atoms with van der Waals surface area (Å²) in [6, 6.07) is 7.55. The van der Waals surface area contributed by atoms with Crippen molar-refractivity contribution >= 4 is 61.6 Å². The standard InChI is InChI=1S/C32H41N9O3S/c1-7-21-17-26(28(44-5)18-27(21)40-15-11-23(33)12-16-40)38-32-36-19-22(8-2)31(39-32)37-25-10-9-24-29(35-14-13-34-24)30(25)41(20(3)4)45(6,42)43/h8-10,13-14,17-20,23H,2,7,11-12,15-16,33H2,1,3-6H3,(H2,36,37,38,39). The summed E-state index contributed by atoms with van der Waals surface area (Å²) >= 11 is 0. The van der Waals surface area contributed by atoms with Crippen LogP contribution in [0.3, 0.4) is 0 Å². The van der Waals surface area contributed by atoms with Crippen LogP contribution in [0.15, 0.2) is 49.4 Å². The topological polar surface area (TPSA) is 151 Å². The fourth-order valence-electron chi connectivity index (χ4n) is 5.70. The predicted molar refractivity (Wildman–Crippen MR) is 182 cm³/mol. The van der Waals surface area contributed by atoms with E-state index in [0.717, 1.165) is 43.7 Å². The van der Waals surface area contributed by atoms with Gasteiger partial charge in [0.2, 0.25) is 16.0 Å². The van der Waals surface area contributed by atoms with Crippen molar-refractivity contribution < 1.29 is 13.2 Å². The van der Waals surface area contributed by atoms with Crippen LogP contribution >= 0.6 is 0 Å². The summed E-state index contributed by atoms with van der Waals surface area (Å²) in [6.07, 6.45) is 10.3. The number of benzene rings is 2. The van der Waals surface area contributed by atoms with Gasteiger partial charge in [-0.1, -0.05) is 19.6 Å². The van der Waals surface area contributed by atoms with Gasteiger partial charge in [-0.15, -0.1) is 0 Å². The first kappa shape index (κ1) is 31.9. The van der Waals surface area contributed by atoms with Crippen molar-refractivity contribution in [3.63, 3.8) is 0 Å². The van der Waals surface area contributed by atoms with Crippen molar-refractivity contribution in [3.05, 3.63) is 60.6 Å². The normalized spacial score (nSPS) is 14.1. The lowest BCUT2D eigenvalue weighted by molar-refractivity contribution is 0.416. The lowest BCUT2D eigenvalue weighted by atomic mass is 10.0. The molecule has 1 aliphatic rings. The first-order valence-electron chi connectivity index (χ1n) is 15.0. The molecule has 12 nitrogen and oxygen atoms in total. The Morgan fingerprint density at radius 1 is 1.13 bits per heavy atom. The number of rotatable bonds is 11. The summed E-state index contributed by atoms with van der Waals surface area (Å²) in [4.78, 5) is 20.6. The number of piperidine rings is 1. The summed E-state index contributed by atoms with van der Waals surface area (Å²) in [6.45, 7) is 11.5. The molecular weight excluding hydrogens is 590 g/mol. The van der Waals surface area contributed by atoms with E-state index in [1.165, 1.54) is 16.1 Å². The van der Waals surface area contributed by atoms with Crippen molar-refractivity contribution in [3.8, 4) is 5.75 Å². The van der Waals surface area contributed by atoms with Gasteiger partial charge >= 0.3 is 0 Å². The second-order valence-electron chi connectivity index (χ2n) is 11.3.